The number of anilines is 2. The van der Waals surface area contributed by atoms with Crippen molar-refractivity contribution in [2.24, 2.45) is 0 Å². The van der Waals surface area contributed by atoms with Gasteiger partial charge in [0.05, 0.1) is 29.6 Å². The number of aryl methyl sites for hydroxylation is 1. The van der Waals surface area contributed by atoms with Crippen molar-refractivity contribution in [3.63, 3.8) is 0 Å². The van der Waals surface area contributed by atoms with Gasteiger partial charge in [-0.2, -0.15) is 18.4 Å². The summed E-state index contributed by atoms with van der Waals surface area (Å²) in [5, 5.41) is 11.5. The van der Waals surface area contributed by atoms with Gasteiger partial charge in [0, 0.05) is 10.6 Å². The second-order valence-corrected chi connectivity index (χ2v) is 8.99. The van der Waals surface area contributed by atoms with E-state index < -0.39 is 40.4 Å². The Bertz CT molecular complexity index is 1270. The van der Waals surface area contributed by atoms with E-state index in [9.17, 15) is 31.1 Å². The van der Waals surface area contributed by atoms with E-state index in [2.05, 4.69) is 10.3 Å². The maximum absolute atomic E-state index is 14.1. The Hall–Kier alpha value is -3.34. The Labute approximate surface area is 197 Å². The largest absolute Gasteiger partial charge is 0.771 e. The molecule has 0 saturated carbocycles. The minimum absolute atomic E-state index is 0.0253. The molecule has 1 heterocycles. The maximum Gasteiger partial charge on any atom is 0.419 e. The van der Waals surface area contributed by atoms with Crippen LogP contribution in [0.3, 0.4) is 0 Å². The van der Waals surface area contributed by atoms with Crippen molar-refractivity contribution in [3.05, 3.63) is 75.5 Å². The number of thiazole rings is 1. The van der Waals surface area contributed by atoms with Gasteiger partial charge in [-0.3, -0.25) is 9.00 Å². The molecule has 0 spiro atoms. The molecule has 178 valence electrons. The number of amides is 1. The summed E-state index contributed by atoms with van der Waals surface area (Å²) in [5.74, 6) is -2.75. The number of aromatic nitrogens is 1. The first-order valence-corrected chi connectivity index (χ1v) is 11.5. The summed E-state index contributed by atoms with van der Waals surface area (Å²) >= 11 is -1.42. The van der Waals surface area contributed by atoms with Gasteiger partial charge in [-0.1, -0.05) is 6.07 Å². The number of nitrogens with one attached hydrogen (secondary N) is 1. The Morgan fingerprint density at radius 2 is 1.94 bits per heavy atom. The molecule has 1 atom stereocenters. The van der Waals surface area contributed by atoms with Crippen LogP contribution >= 0.6 is 11.3 Å². The molecule has 7 nitrogen and oxygen atoms in total. The van der Waals surface area contributed by atoms with Crippen molar-refractivity contribution >= 4 is 39.1 Å². The molecule has 3 aromatic rings. The molecule has 1 unspecified atom stereocenters. The quantitative estimate of drug-likeness (QED) is 0.372. The van der Waals surface area contributed by atoms with Crippen molar-refractivity contribution < 1.29 is 31.1 Å². The van der Waals surface area contributed by atoms with Crippen LogP contribution in [-0.4, -0.2) is 25.5 Å². The van der Waals surface area contributed by atoms with Crippen molar-refractivity contribution in [2.75, 3.05) is 10.8 Å². The van der Waals surface area contributed by atoms with Crippen molar-refractivity contribution in [3.8, 4) is 6.07 Å². The molecule has 0 saturated heterocycles. The number of benzene rings is 2. The summed E-state index contributed by atoms with van der Waals surface area (Å²) in [4.78, 5) is 18.6. The molecule has 0 fully saturated rings. The summed E-state index contributed by atoms with van der Waals surface area (Å²) in [5.41, 5.74) is -0.356. The van der Waals surface area contributed by atoms with Gasteiger partial charge in [0.25, 0.3) is 5.91 Å². The van der Waals surface area contributed by atoms with E-state index in [1.54, 1.807) is 24.0 Å². The fourth-order valence-electron chi connectivity index (χ4n) is 2.97. The first-order valence-electron chi connectivity index (χ1n) is 9.44. The highest BCUT2D eigenvalue weighted by atomic mass is 32.2. The zero-order valence-corrected chi connectivity index (χ0v) is 19.0. The lowest BCUT2D eigenvalue weighted by Gasteiger charge is -2.22. The van der Waals surface area contributed by atoms with Gasteiger partial charge < -0.3 is 14.8 Å². The average molecular weight is 512 g/mol. The number of rotatable bonds is 7. The summed E-state index contributed by atoms with van der Waals surface area (Å²) < 4.78 is 74.3. The predicted molar refractivity (Wildman–Crippen MR) is 117 cm³/mol. The first kappa shape index (κ1) is 25.3. The summed E-state index contributed by atoms with van der Waals surface area (Å²) in [6, 6.07) is 10.7. The van der Waals surface area contributed by atoms with E-state index >= 15 is 0 Å². The molecule has 2 aromatic carbocycles. The molecule has 1 amide bonds. The molecule has 0 radical (unpaired) electrons. The number of carbonyl (C=O) groups excluding carboxylic acids is 1. The molecule has 3 rings (SSSR count). The maximum atomic E-state index is 14.1. The van der Waals surface area contributed by atoms with Crippen LogP contribution in [0, 0.1) is 24.1 Å². The lowest BCUT2D eigenvalue weighted by Crippen LogP contribution is -2.27. The molecule has 1 N–H and O–H groups in total. The minimum atomic E-state index is -4.84. The van der Waals surface area contributed by atoms with Crippen LogP contribution in [0.15, 0.2) is 42.5 Å². The Morgan fingerprint density at radius 3 is 2.50 bits per heavy atom. The van der Waals surface area contributed by atoms with Gasteiger partial charge in [0.1, 0.15) is 11.5 Å². The van der Waals surface area contributed by atoms with Crippen LogP contribution < -0.4 is 10.2 Å². The zero-order valence-electron chi connectivity index (χ0n) is 17.4. The second-order valence-electron chi connectivity index (χ2n) is 6.91. The number of alkyl halides is 3. The Kier molecular flexibility index (Phi) is 7.65. The van der Waals surface area contributed by atoms with Crippen LogP contribution in [0.4, 0.5) is 28.4 Å². The monoisotopic (exact) mass is 511 g/mol. The van der Waals surface area contributed by atoms with E-state index in [0.29, 0.717) is 22.2 Å². The molecular weight excluding hydrogens is 496 g/mol. The van der Waals surface area contributed by atoms with Gasteiger partial charge in [-0.15, -0.1) is 11.3 Å². The molecule has 0 aliphatic rings. The van der Waals surface area contributed by atoms with E-state index in [-0.39, 0.29) is 22.9 Å². The highest BCUT2D eigenvalue weighted by Gasteiger charge is 2.34. The summed E-state index contributed by atoms with van der Waals surface area (Å²) in [7, 11) is 0. The first-order chi connectivity index (χ1) is 16.0. The average Bonchev–Trinajstić information content (AvgIpc) is 3.16. The molecule has 34 heavy (non-hydrogen) atoms. The summed E-state index contributed by atoms with van der Waals surface area (Å²) in [6.45, 7) is 1.50. The number of nitrogens with zero attached hydrogens (tertiary/aromatic N) is 3. The third-order valence-corrected chi connectivity index (χ3v) is 5.94. The Balaban J connectivity index is 1.99. The minimum Gasteiger partial charge on any atom is -0.771 e. The van der Waals surface area contributed by atoms with Crippen molar-refractivity contribution in [2.45, 2.75) is 19.6 Å². The number of nitriles is 1. The summed E-state index contributed by atoms with van der Waals surface area (Å²) in [6.07, 6.45) is -4.84. The van der Waals surface area contributed by atoms with E-state index in [1.807, 2.05) is 6.07 Å². The lowest BCUT2D eigenvalue weighted by molar-refractivity contribution is -0.140. The molecule has 0 bridgehead atoms. The SMILES string of the molecule is Cc1sc(N(Cc2ccc(C(F)(F)F)c(F)c2)c2ccc(C#N)cc2)nc1C(=O)NCS(=O)[O-]. The number of hydrogen-bond acceptors (Lipinski definition) is 7. The van der Waals surface area contributed by atoms with Crippen molar-refractivity contribution in [1.82, 2.24) is 10.3 Å². The molecular formula is C21H15F4N4O3S2-. The molecule has 0 aliphatic carbocycles. The van der Waals surface area contributed by atoms with E-state index in [1.165, 1.54) is 12.1 Å². The van der Waals surface area contributed by atoms with Gasteiger partial charge in [-0.25, -0.2) is 9.37 Å². The predicted octanol–water partition coefficient (Wildman–Crippen LogP) is 4.39. The fraction of sp³-hybridized carbons (Fsp3) is 0.190. The molecule has 13 heteroatoms. The van der Waals surface area contributed by atoms with E-state index in [0.717, 1.165) is 23.5 Å². The molecule has 1 aromatic heterocycles. The van der Waals surface area contributed by atoms with Crippen LogP contribution in [-0.2, 0) is 23.8 Å². The Morgan fingerprint density at radius 1 is 1.26 bits per heavy atom. The lowest BCUT2D eigenvalue weighted by atomic mass is 10.1. The second kappa shape index (κ2) is 10.3. The van der Waals surface area contributed by atoms with Crippen LogP contribution in [0.1, 0.15) is 32.1 Å². The topological polar surface area (TPSA) is 109 Å². The van der Waals surface area contributed by atoms with Crippen LogP contribution in [0.5, 0.6) is 0 Å². The van der Waals surface area contributed by atoms with Gasteiger partial charge in [-0.05, 0) is 60.0 Å². The highest BCUT2D eigenvalue weighted by molar-refractivity contribution is 7.79. The standard InChI is InChI=1S/C21H16F4N4O3S2/c1-12-18(19(30)27-11-34(31)32)28-20(33-12)29(15-5-2-13(9-26)3-6-15)10-14-4-7-16(17(22)8-14)21(23,24)25/h2-8H,10-11H2,1H3,(H,27,30)(H,31,32)/p-1. The van der Waals surface area contributed by atoms with Gasteiger partial charge in [0.15, 0.2) is 5.13 Å². The van der Waals surface area contributed by atoms with Crippen LogP contribution in [0.2, 0.25) is 0 Å². The van der Waals surface area contributed by atoms with E-state index in [4.69, 9.17) is 5.26 Å². The smallest absolute Gasteiger partial charge is 0.419 e. The third-order valence-electron chi connectivity index (χ3n) is 4.57. The van der Waals surface area contributed by atoms with Gasteiger partial charge in [0.2, 0.25) is 0 Å². The highest BCUT2D eigenvalue weighted by Crippen LogP contribution is 2.35. The van der Waals surface area contributed by atoms with Crippen molar-refractivity contribution in [1.29, 1.82) is 5.26 Å². The number of hydrogen-bond donors (Lipinski definition) is 1. The van der Waals surface area contributed by atoms with Gasteiger partial charge >= 0.3 is 6.18 Å². The zero-order chi connectivity index (χ0) is 25.0. The van der Waals surface area contributed by atoms with Crippen LogP contribution in [0.25, 0.3) is 0 Å². The number of halogens is 4. The normalized spacial score (nSPS) is 12.1. The number of carbonyl (C=O) groups is 1. The molecule has 0 aliphatic heterocycles. The third kappa shape index (κ3) is 5.96. The fourth-order valence-corrected chi connectivity index (χ4v) is 4.15.